The second-order valence-corrected chi connectivity index (χ2v) is 7.75. The lowest BCUT2D eigenvalue weighted by atomic mass is 10.0. The molecule has 1 N–H and O–H groups in total. The summed E-state index contributed by atoms with van der Waals surface area (Å²) in [5, 5.41) is 3.05. The lowest BCUT2D eigenvalue weighted by molar-refractivity contribution is -0.123. The Hall–Kier alpha value is -1.79. The van der Waals surface area contributed by atoms with Crippen LogP contribution in [0.15, 0.2) is 57.9 Å². The molecule has 2 aromatic rings. The van der Waals surface area contributed by atoms with E-state index in [-0.39, 0.29) is 24.4 Å². The number of anilines is 1. The fourth-order valence-electron chi connectivity index (χ4n) is 2.83. The van der Waals surface area contributed by atoms with Gasteiger partial charge in [0.2, 0.25) is 11.8 Å². The number of fused-ring (bicyclic) bond motifs is 1. The maximum absolute atomic E-state index is 12.6. The van der Waals surface area contributed by atoms with Gasteiger partial charge < -0.3 is 10.2 Å². The van der Waals surface area contributed by atoms with Gasteiger partial charge in [0.15, 0.2) is 0 Å². The Morgan fingerprint density at radius 3 is 2.68 bits per heavy atom. The van der Waals surface area contributed by atoms with Crippen LogP contribution in [0.3, 0.4) is 0 Å². The van der Waals surface area contributed by atoms with E-state index < -0.39 is 0 Å². The van der Waals surface area contributed by atoms with E-state index in [1.807, 2.05) is 55.5 Å². The van der Waals surface area contributed by atoms with Crippen LogP contribution in [0.5, 0.6) is 0 Å². The maximum Gasteiger partial charge on any atom is 0.240 e. The molecule has 25 heavy (non-hydrogen) atoms. The normalized spacial score (nSPS) is 14.8. The van der Waals surface area contributed by atoms with Gasteiger partial charge in [-0.15, -0.1) is 11.8 Å². The van der Waals surface area contributed by atoms with Gasteiger partial charge in [-0.1, -0.05) is 47.1 Å². The highest BCUT2D eigenvalue weighted by atomic mass is 79.9. The second kappa shape index (κ2) is 8.06. The third-order valence-corrected chi connectivity index (χ3v) is 5.70. The van der Waals surface area contributed by atoms with Crippen molar-refractivity contribution in [2.75, 3.05) is 17.2 Å². The van der Waals surface area contributed by atoms with Gasteiger partial charge in [-0.2, -0.15) is 0 Å². The highest BCUT2D eigenvalue weighted by Gasteiger charge is 2.26. The first-order valence-corrected chi connectivity index (χ1v) is 9.93. The molecule has 130 valence electrons. The number of rotatable bonds is 5. The zero-order valence-corrected chi connectivity index (χ0v) is 16.3. The van der Waals surface area contributed by atoms with Crippen molar-refractivity contribution >= 4 is 45.2 Å². The van der Waals surface area contributed by atoms with Gasteiger partial charge in [-0.05, 0) is 36.2 Å². The van der Waals surface area contributed by atoms with Crippen molar-refractivity contribution in [2.24, 2.45) is 0 Å². The molecule has 4 nitrogen and oxygen atoms in total. The van der Waals surface area contributed by atoms with Crippen LogP contribution < -0.4 is 10.2 Å². The summed E-state index contributed by atoms with van der Waals surface area (Å²) in [6.07, 6.45) is 0.785. The van der Waals surface area contributed by atoms with Crippen molar-refractivity contribution in [2.45, 2.75) is 24.3 Å². The van der Waals surface area contributed by atoms with Crippen LogP contribution in [-0.2, 0) is 9.59 Å². The smallest absolute Gasteiger partial charge is 0.240 e. The quantitative estimate of drug-likeness (QED) is 0.792. The van der Waals surface area contributed by atoms with Crippen LogP contribution in [0.4, 0.5) is 5.69 Å². The highest BCUT2D eigenvalue weighted by molar-refractivity contribution is 9.10. The van der Waals surface area contributed by atoms with E-state index in [2.05, 4.69) is 21.2 Å². The van der Waals surface area contributed by atoms with Crippen molar-refractivity contribution in [1.29, 1.82) is 0 Å². The van der Waals surface area contributed by atoms with Gasteiger partial charge in [-0.25, -0.2) is 0 Å². The summed E-state index contributed by atoms with van der Waals surface area (Å²) < 4.78 is 1.01. The zero-order valence-electron chi connectivity index (χ0n) is 13.9. The Morgan fingerprint density at radius 1 is 1.24 bits per heavy atom. The molecule has 0 aromatic heterocycles. The largest absolute Gasteiger partial charge is 0.348 e. The molecule has 0 saturated carbocycles. The highest BCUT2D eigenvalue weighted by Crippen LogP contribution is 2.34. The number of carbonyl (C=O) groups excluding carboxylic acids is 2. The number of thioether (sulfide) groups is 1. The number of hydrogen-bond donors (Lipinski definition) is 1. The summed E-state index contributed by atoms with van der Waals surface area (Å²) in [6.45, 7) is 2.08. The zero-order chi connectivity index (χ0) is 17.8. The number of carbonyl (C=O) groups is 2. The van der Waals surface area contributed by atoms with Gasteiger partial charge in [0.25, 0.3) is 0 Å². The van der Waals surface area contributed by atoms with Crippen LogP contribution in [0.25, 0.3) is 0 Å². The fourth-order valence-corrected chi connectivity index (χ4v) is 4.03. The molecule has 1 atom stereocenters. The van der Waals surface area contributed by atoms with Crippen LogP contribution >= 0.6 is 27.7 Å². The third kappa shape index (κ3) is 4.25. The molecule has 1 aliphatic heterocycles. The van der Waals surface area contributed by atoms with Crippen LogP contribution in [0.2, 0.25) is 0 Å². The third-order valence-electron chi connectivity index (χ3n) is 4.13. The average molecular weight is 419 g/mol. The first kappa shape index (κ1) is 18.0. The van der Waals surface area contributed by atoms with Gasteiger partial charge in [0.05, 0.1) is 17.5 Å². The van der Waals surface area contributed by atoms with E-state index >= 15 is 0 Å². The second-order valence-electron chi connectivity index (χ2n) is 5.82. The maximum atomic E-state index is 12.6. The minimum atomic E-state index is -0.148. The summed E-state index contributed by atoms with van der Waals surface area (Å²) >= 11 is 4.94. The molecular formula is C19H19BrN2O2S. The number of halogens is 1. The van der Waals surface area contributed by atoms with Crippen molar-refractivity contribution in [1.82, 2.24) is 5.32 Å². The summed E-state index contributed by atoms with van der Waals surface area (Å²) in [6, 6.07) is 15.6. The molecule has 0 spiro atoms. The number of para-hydroxylation sites is 1. The van der Waals surface area contributed by atoms with Gasteiger partial charge in [0, 0.05) is 9.37 Å². The van der Waals surface area contributed by atoms with Gasteiger partial charge in [-0.3, -0.25) is 9.59 Å². The summed E-state index contributed by atoms with van der Waals surface area (Å²) in [5.41, 5.74) is 1.87. The molecule has 0 fully saturated rings. The molecular weight excluding hydrogens is 400 g/mol. The molecule has 1 heterocycles. The summed E-state index contributed by atoms with van der Waals surface area (Å²) in [7, 11) is 0. The summed E-state index contributed by atoms with van der Waals surface area (Å²) in [4.78, 5) is 27.4. The summed E-state index contributed by atoms with van der Waals surface area (Å²) in [5.74, 6) is 0.189. The standard InChI is InChI=1S/C19H19BrN2O2S/c1-2-15(13-7-9-14(20)10-8-13)21-18(23)11-22-16-5-3-4-6-17(16)25-12-19(22)24/h3-10,15H,2,11-12H2,1H3,(H,21,23). The Morgan fingerprint density at radius 2 is 1.96 bits per heavy atom. The minimum Gasteiger partial charge on any atom is -0.348 e. The molecule has 0 radical (unpaired) electrons. The Labute approximate surface area is 160 Å². The lowest BCUT2D eigenvalue weighted by Gasteiger charge is -2.29. The number of hydrogen-bond acceptors (Lipinski definition) is 3. The van der Waals surface area contributed by atoms with E-state index in [9.17, 15) is 9.59 Å². The predicted molar refractivity (Wildman–Crippen MR) is 105 cm³/mol. The SMILES string of the molecule is CCC(NC(=O)CN1C(=O)CSc2ccccc21)c1ccc(Br)cc1. The number of amides is 2. The van der Waals surface area contributed by atoms with Crippen molar-refractivity contribution in [3.05, 3.63) is 58.6 Å². The van der Waals surface area contributed by atoms with E-state index in [0.29, 0.717) is 5.75 Å². The topological polar surface area (TPSA) is 49.4 Å². The predicted octanol–water partition coefficient (Wildman–Crippen LogP) is 4.16. The van der Waals surface area contributed by atoms with Gasteiger partial charge in [0.1, 0.15) is 6.54 Å². The fraction of sp³-hybridized carbons (Fsp3) is 0.263. The molecule has 6 heteroatoms. The molecule has 0 aliphatic carbocycles. The van der Waals surface area contributed by atoms with Crippen molar-refractivity contribution < 1.29 is 9.59 Å². The molecule has 1 unspecified atom stereocenters. The Kier molecular flexibility index (Phi) is 5.81. The van der Waals surface area contributed by atoms with Crippen molar-refractivity contribution in [3.63, 3.8) is 0 Å². The molecule has 0 bridgehead atoms. The van der Waals surface area contributed by atoms with E-state index in [1.54, 1.807) is 4.90 Å². The average Bonchev–Trinajstić information content (AvgIpc) is 2.63. The number of nitrogens with one attached hydrogen (secondary N) is 1. The Bertz CT molecular complexity index is 779. The van der Waals surface area contributed by atoms with Crippen LogP contribution in [0.1, 0.15) is 24.9 Å². The number of nitrogens with zero attached hydrogens (tertiary/aromatic N) is 1. The van der Waals surface area contributed by atoms with Crippen molar-refractivity contribution in [3.8, 4) is 0 Å². The van der Waals surface area contributed by atoms with E-state index in [1.165, 1.54) is 11.8 Å². The molecule has 2 amide bonds. The van der Waals surface area contributed by atoms with E-state index in [4.69, 9.17) is 0 Å². The van der Waals surface area contributed by atoms with Gasteiger partial charge >= 0.3 is 0 Å². The molecule has 1 aliphatic rings. The van der Waals surface area contributed by atoms with E-state index in [0.717, 1.165) is 27.0 Å². The molecule has 2 aromatic carbocycles. The molecule has 0 saturated heterocycles. The van der Waals surface area contributed by atoms with Crippen LogP contribution in [0, 0.1) is 0 Å². The Balaban J connectivity index is 1.71. The lowest BCUT2D eigenvalue weighted by Crippen LogP contribution is -2.44. The first-order valence-electron chi connectivity index (χ1n) is 8.15. The first-order chi connectivity index (χ1) is 12.1. The van der Waals surface area contributed by atoms with Crippen LogP contribution in [-0.4, -0.2) is 24.1 Å². The molecule has 3 rings (SSSR count). The minimum absolute atomic E-state index is 0.0319. The monoisotopic (exact) mass is 418 g/mol. The number of benzene rings is 2.